The molecular weight excluding hydrogens is 344 g/mol. The maximum atomic E-state index is 11.6. The number of benzene rings is 2. The fourth-order valence-electron chi connectivity index (χ4n) is 3.00. The number of aryl methyl sites for hydroxylation is 1. The van der Waals surface area contributed by atoms with E-state index >= 15 is 0 Å². The average Bonchev–Trinajstić information content (AvgIpc) is 2.99. The number of nitrogens with zero attached hydrogens (tertiary/aromatic N) is 5. The van der Waals surface area contributed by atoms with Gasteiger partial charge in [0, 0.05) is 49.9 Å². The number of hydrogen-bond acceptors (Lipinski definition) is 6. The molecule has 0 unspecified atom stereocenters. The summed E-state index contributed by atoms with van der Waals surface area (Å²) in [4.78, 5) is 22.5. The van der Waals surface area contributed by atoms with E-state index in [1.54, 1.807) is 24.0 Å². The Morgan fingerprint density at radius 2 is 2.04 bits per heavy atom. The van der Waals surface area contributed by atoms with Crippen molar-refractivity contribution in [2.45, 2.75) is 0 Å². The number of nitrogens with two attached hydrogens (primary N) is 1. The predicted octanol–water partition coefficient (Wildman–Crippen LogP) is 2.47. The number of carbonyl (C=O) groups excluding carboxylic acids is 1. The molecule has 0 fully saturated rings. The fourth-order valence-corrected chi connectivity index (χ4v) is 3.00. The standard InChI is InChI=1S/C19H18N6O2/c1-24(2)12-5-4-6-13(9-12)27-19-21-10-11-7-8-14-16(18(20)26)23-25(3)17(14)15(11)22-19/h4-10H,1-3H3,(H2,20,26). The fraction of sp³-hybridized carbons (Fsp3) is 0.158. The summed E-state index contributed by atoms with van der Waals surface area (Å²) in [6.45, 7) is 0. The van der Waals surface area contributed by atoms with Crippen LogP contribution < -0.4 is 15.4 Å². The highest BCUT2D eigenvalue weighted by Gasteiger charge is 2.17. The van der Waals surface area contributed by atoms with Gasteiger partial charge < -0.3 is 15.4 Å². The predicted molar refractivity (Wildman–Crippen MR) is 103 cm³/mol. The molecule has 0 aliphatic rings. The largest absolute Gasteiger partial charge is 0.424 e. The number of carbonyl (C=O) groups is 1. The number of rotatable bonds is 4. The molecule has 0 saturated heterocycles. The van der Waals surface area contributed by atoms with Gasteiger partial charge in [-0.1, -0.05) is 12.1 Å². The molecule has 2 aromatic heterocycles. The van der Waals surface area contributed by atoms with Gasteiger partial charge in [0.1, 0.15) is 11.3 Å². The lowest BCUT2D eigenvalue weighted by Gasteiger charge is -2.13. The maximum Gasteiger partial charge on any atom is 0.322 e. The van der Waals surface area contributed by atoms with Crippen LogP contribution in [0, 0.1) is 0 Å². The molecule has 0 atom stereocenters. The smallest absolute Gasteiger partial charge is 0.322 e. The van der Waals surface area contributed by atoms with Gasteiger partial charge in [0.05, 0.1) is 5.52 Å². The second-order valence-corrected chi connectivity index (χ2v) is 6.38. The highest BCUT2D eigenvalue weighted by atomic mass is 16.5. The van der Waals surface area contributed by atoms with E-state index in [4.69, 9.17) is 10.5 Å². The van der Waals surface area contributed by atoms with Crippen molar-refractivity contribution in [3.8, 4) is 11.8 Å². The van der Waals surface area contributed by atoms with Gasteiger partial charge in [-0.15, -0.1) is 0 Å². The molecule has 2 aromatic carbocycles. The van der Waals surface area contributed by atoms with Crippen molar-refractivity contribution < 1.29 is 9.53 Å². The number of amides is 1. The lowest BCUT2D eigenvalue weighted by molar-refractivity contribution is 0.0996. The van der Waals surface area contributed by atoms with E-state index in [2.05, 4.69) is 15.1 Å². The molecule has 4 aromatic rings. The van der Waals surface area contributed by atoms with Crippen molar-refractivity contribution in [2.75, 3.05) is 19.0 Å². The Balaban J connectivity index is 1.83. The third kappa shape index (κ3) is 2.91. The normalized spacial score (nSPS) is 11.1. The van der Waals surface area contributed by atoms with Gasteiger partial charge in [0.2, 0.25) is 0 Å². The van der Waals surface area contributed by atoms with Crippen LogP contribution in [0.1, 0.15) is 10.5 Å². The van der Waals surface area contributed by atoms with E-state index in [-0.39, 0.29) is 11.7 Å². The summed E-state index contributed by atoms with van der Waals surface area (Å²) in [6.07, 6.45) is 1.68. The summed E-state index contributed by atoms with van der Waals surface area (Å²) < 4.78 is 7.45. The van der Waals surface area contributed by atoms with Gasteiger partial charge in [-0.2, -0.15) is 10.1 Å². The molecule has 8 heteroatoms. The van der Waals surface area contributed by atoms with E-state index in [9.17, 15) is 4.79 Å². The first-order valence-corrected chi connectivity index (χ1v) is 8.31. The Bertz CT molecular complexity index is 1180. The van der Waals surface area contributed by atoms with Crippen molar-refractivity contribution in [3.05, 3.63) is 48.3 Å². The second-order valence-electron chi connectivity index (χ2n) is 6.38. The SMILES string of the molecule is CN(C)c1cccc(Oc2ncc3ccc4c(C(N)=O)nn(C)c4c3n2)c1. The van der Waals surface area contributed by atoms with Gasteiger partial charge in [-0.3, -0.25) is 9.48 Å². The van der Waals surface area contributed by atoms with Crippen LogP contribution >= 0.6 is 0 Å². The highest BCUT2D eigenvalue weighted by molar-refractivity contribution is 6.11. The van der Waals surface area contributed by atoms with Crippen molar-refractivity contribution in [1.82, 2.24) is 19.7 Å². The minimum Gasteiger partial charge on any atom is -0.424 e. The van der Waals surface area contributed by atoms with Crippen LogP contribution in [0.25, 0.3) is 21.8 Å². The third-order valence-electron chi connectivity index (χ3n) is 4.31. The molecule has 0 spiro atoms. The van der Waals surface area contributed by atoms with Crippen LogP contribution in [-0.4, -0.2) is 39.8 Å². The zero-order chi connectivity index (χ0) is 19.1. The molecular formula is C19H18N6O2. The van der Waals surface area contributed by atoms with Gasteiger partial charge in [-0.05, 0) is 18.2 Å². The Hall–Kier alpha value is -3.68. The molecule has 1 amide bonds. The van der Waals surface area contributed by atoms with E-state index in [1.807, 2.05) is 49.3 Å². The Morgan fingerprint density at radius 3 is 2.78 bits per heavy atom. The molecule has 0 aliphatic heterocycles. The molecule has 0 bridgehead atoms. The van der Waals surface area contributed by atoms with Crippen LogP contribution in [-0.2, 0) is 7.05 Å². The first-order chi connectivity index (χ1) is 12.9. The monoisotopic (exact) mass is 362 g/mol. The van der Waals surface area contributed by atoms with E-state index in [0.29, 0.717) is 22.2 Å². The van der Waals surface area contributed by atoms with Gasteiger partial charge in [-0.25, -0.2) is 4.98 Å². The summed E-state index contributed by atoms with van der Waals surface area (Å²) in [5.41, 5.74) is 8.00. The molecule has 136 valence electrons. The number of hydrogen-bond donors (Lipinski definition) is 1. The summed E-state index contributed by atoms with van der Waals surface area (Å²) in [5.74, 6) is 0.0570. The maximum absolute atomic E-state index is 11.6. The van der Waals surface area contributed by atoms with E-state index < -0.39 is 5.91 Å². The van der Waals surface area contributed by atoms with Crippen molar-refractivity contribution in [2.24, 2.45) is 12.8 Å². The van der Waals surface area contributed by atoms with Gasteiger partial charge >= 0.3 is 6.01 Å². The molecule has 4 rings (SSSR count). The summed E-state index contributed by atoms with van der Waals surface area (Å²) >= 11 is 0. The average molecular weight is 362 g/mol. The topological polar surface area (TPSA) is 99.2 Å². The Labute approximate surface area is 155 Å². The first kappa shape index (κ1) is 16.8. The number of aromatic nitrogens is 4. The summed E-state index contributed by atoms with van der Waals surface area (Å²) in [7, 11) is 5.67. The summed E-state index contributed by atoms with van der Waals surface area (Å²) in [6, 6.07) is 11.5. The van der Waals surface area contributed by atoms with Crippen LogP contribution in [0.5, 0.6) is 11.8 Å². The lowest BCUT2D eigenvalue weighted by Crippen LogP contribution is -2.12. The highest BCUT2D eigenvalue weighted by Crippen LogP contribution is 2.28. The van der Waals surface area contributed by atoms with Crippen molar-refractivity contribution >= 4 is 33.4 Å². The number of ether oxygens (including phenoxy) is 1. The van der Waals surface area contributed by atoms with Crippen LogP contribution in [0.3, 0.4) is 0 Å². The Kier molecular flexibility index (Phi) is 3.88. The minimum absolute atomic E-state index is 0.215. The minimum atomic E-state index is -0.578. The number of anilines is 1. The zero-order valence-electron chi connectivity index (χ0n) is 15.2. The van der Waals surface area contributed by atoms with Crippen LogP contribution in [0.2, 0.25) is 0 Å². The molecule has 0 saturated carbocycles. The molecule has 2 N–H and O–H groups in total. The number of fused-ring (bicyclic) bond motifs is 3. The van der Waals surface area contributed by atoms with Crippen molar-refractivity contribution in [1.29, 1.82) is 0 Å². The molecule has 0 radical (unpaired) electrons. The van der Waals surface area contributed by atoms with E-state index in [0.717, 1.165) is 11.1 Å². The summed E-state index contributed by atoms with van der Waals surface area (Å²) in [5, 5.41) is 5.68. The van der Waals surface area contributed by atoms with Crippen LogP contribution in [0.15, 0.2) is 42.6 Å². The Morgan fingerprint density at radius 1 is 1.22 bits per heavy atom. The first-order valence-electron chi connectivity index (χ1n) is 8.31. The van der Waals surface area contributed by atoms with Crippen molar-refractivity contribution in [3.63, 3.8) is 0 Å². The molecule has 2 heterocycles. The van der Waals surface area contributed by atoms with Crippen LogP contribution in [0.4, 0.5) is 5.69 Å². The quantitative estimate of drug-likeness (QED) is 0.599. The third-order valence-corrected chi connectivity index (χ3v) is 4.31. The van der Waals surface area contributed by atoms with E-state index in [1.165, 1.54) is 0 Å². The molecule has 0 aliphatic carbocycles. The molecule has 8 nitrogen and oxygen atoms in total. The second kappa shape index (κ2) is 6.24. The lowest BCUT2D eigenvalue weighted by atomic mass is 10.1. The van der Waals surface area contributed by atoms with Gasteiger partial charge in [0.15, 0.2) is 5.69 Å². The number of primary amides is 1. The van der Waals surface area contributed by atoms with Gasteiger partial charge in [0.25, 0.3) is 5.91 Å². The molecule has 27 heavy (non-hydrogen) atoms. The zero-order valence-corrected chi connectivity index (χ0v) is 15.2.